The summed E-state index contributed by atoms with van der Waals surface area (Å²) in [5, 5.41) is 14.2. The van der Waals surface area contributed by atoms with Crippen molar-refractivity contribution in [3.8, 4) is 5.75 Å². The molecule has 1 aromatic rings. The molecule has 0 saturated heterocycles. The number of ether oxygens (including phenoxy) is 1. The van der Waals surface area contributed by atoms with Crippen molar-refractivity contribution in [3.63, 3.8) is 0 Å². The lowest BCUT2D eigenvalue weighted by molar-refractivity contribution is 0.230. The van der Waals surface area contributed by atoms with E-state index in [-0.39, 0.29) is 18.7 Å². The fourth-order valence-corrected chi connectivity index (χ4v) is 2.13. The fraction of sp³-hybridized carbons (Fsp3) is 0.462. The Morgan fingerprint density at radius 2 is 2.26 bits per heavy atom. The van der Waals surface area contributed by atoms with E-state index in [4.69, 9.17) is 9.84 Å². The van der Waals surface area contributed by atoms with Crippen LogP contribution in [0.1, 0.15) is 18.9 Å². The summed E-state index contributed by atoms with van der Waals surface area (Å²) in [4.78, 5) is 11.6. The molecule has 0 fully saturated rings. The molecule has 0 aliphatic carbocycles. The Morgan fingerprint density at radius 1 is 1.53 bits per heavy atom. The van der Waals surface area contributed by atoms with Crippen LogP contribution >= 0.6 is 15.9 Å². The van der Waals surface area contributed by atoms with Gasteiger partial charge in [-0.3, -0.25) is 0 Å². The van der Waals surface area contributed by atoms with Crippen LogP contribution in [0.2, 0.25) is 0 Å². The highest BCUT2D eigenvalue weighted by Crippen LogP contribution is 2.25. The van der Waals surface area contributed by atoms with E-state index in [9.17, 15) is 4.79 Å². The van der Waals surface area contributed by atoms with Gasteiger partial charge in [-0.1, -0.05) is 6.07 Å². The van der Waals surface area contributed by atoms with Gasteiger partial charge in [0.2, 0.25) is 0 Å². The Bertz CT molecular complexity index is 426. The first-order valence-corrected chi connectivity index (χ1v) is 6.83. The van der Waals surface area contributed by atoms with Crippen molar-refractivity contribution >= 4 is 22.0 Å². The van der Waals surface area contributed by atoms with Gasteiger partial charge < -0.3 is 20.5 Å². The van der Waals surface area contributed by atoms with Crippen LogP contribution in [0.3, 0.4) is 0 Å². The molecule has 0 bridgehead atoms. The fourth-order valence-electron chi connectivity index (χ4n) is 1.54. The molecule has 6 heteroatoms. The van der Waals surface area contributed by atoms with Crippen LogP contribution in [0.25, 0.3) is 0 Å². The van der Waals surface area contributed by atoms with Gasteiger partial charge in [-0.15, -0.1) is 0 Å². The number of methoxy groups -OCH3 is 1. The van der Waals surface area contributed by atoms with Gasteiger partial charge in [-0.05, 0) is 47.0 Å². The number of hydrogen-bond acceptors (Lipinski definition) is 3. The molecule has 1 atom stereocenters. The highest BCUT2D eigenvalue weighted by Gasteiger charge is 2.07. The van der Waals surface area contributed by atoms with Crippen molar-refractivity contribution < 1.29 is 14.6 Å². The predicted molar refractivity (Wildman–Crippen MR) is 77.2 cm³/mol. The lowest BCUT2D eigenvalue weighted by Gasteiger charge is -2.13. The molecule has 106 valence electrons. The molecule has 2 amide bonds. The lowest BCUT2D eigenvalue weighted by Crippen LogP contribution is -2.40. The van der Waals surface area contributed by atoms with Gasteiger partial charge in [0.25, 0.3) is 0 Å². The van der Waals surface area contributed by atoms with Crippen LogP contribution in [0.4, 0.5) is 4.79 Å². The number of amides is 2. The molecule has 0 aliphatic rings. The molecule has 1 aromatic carbocycles. The zero-order chi connectivity index (χ0) is 14.3. The van der Waals surface area contributed by atoms with Gasteiger partial charge in [0, 0.05) is 19.2 Å². The number of aliphatic hydroxyl groups excluding tert-OH is 1. The van der Waals surface area contributed by atoms with Crippen LogP contribution < -0.4 is 15.4 Å². The molecule has 3 N–H and O–H groups in total. The first-order chi connectivity index (χ1) is 9.06. The van der Waals surface area contributed by atoms with Crippen molar-refractivity contribution in [2.75, 3.05) is 13.7 Å². The van der Waals surface area contributed by atoms with Crippen LogP contribution in [0.15, 0.2) is 22.7 Å². The van der Waals surface area contributed by atoms with E-state index < -0.39 is 0 Å². The normalized spacial score (nSPS) is 11.8. The van der Waals surface area contributed by atoms with E-state index in [0.717, 1.165) is 15.8 Å². The Hall–Kier alpha value is -1.27. The average Bonchev–Trinajstić information content (AvgIpc) is 2.36. The van der Waals surface area contributed by atoms with E-state index in [1.807, 2.05) is 25.1 Å². The summed E-state index contributed by atoms with van der Waals surface area (Å²) in [5.74, 6) is 0.754. The van der Waals surface area contributed by atoms with Gasteiger partial charge >= 0.3 is 6.03 Å². The number of carbonyl (C=O) groups is 1. The molecular formula is C13H19BrN2O3. The quantitative estimate of drug-likeness (QED) is 0.747. The Labute approximate surface area is 121 Å². The highest BCUT2D eigenvalue weighted by molar-refractivity contribution is 9.10. The molecular weight excluding hydrogens is 312 g/mol. The van der Waals surface area contributed by atoms with Crippen LogP contribution in [0, 0.1) is 0 Å². The maximum absolute atomic E-state index is 11.6. The number of benzene rings is 1. The second-order valence-corrected chi connectivity index (χ2v) is 5.06. The monoisotopic (exact) mass is 330 g/mol. The first-order valence-electron chi connectivity index (χ1n) is 6.04. The summed E-state index contributed by atoms with van der Waals surface area (Å²) < 4.78 is 5.99. The van der Waals surface area contributed by atoms with E-state index in [2.05, 4.69) is 26.6 Å². The maximum atomic E-state index is 11.6. The average molecular weight is 331 g/mol. The van der Waals surface area contributed by atoms with Gasteiger partial charge in [-0.2, -0.15) is 0 Å². The molecule has 5 nitrogen and oxygen atoms in total. The van der Waals surface area contributed by atoms with Gasteiger partial charge in [-0.25, -0.2) is 4.79 Å². The number of nitrogens with one attached hydrogen (secondary N) is 2. The van der Waals surface area contributed by atoms with Crippen molar-refractivity contribution in [1.82, 2.24) is 10.6 Å². The minimum absolute atomic E-state index is 0.0485. The Morgan fingerprint density at radius 3 is 2.84 bits per heavy atom. The highest BCUT2D eigenvalue weighted by atomic mass is 79.9. The van der Waals surface area contributed by atoms with E-state index in [1.165, 1.54) is 0 Å². The molecule has 0 spiro atoms. The summed E-state index contributed by atoms with van der Waals surface area (Å²) in [6, 6.07) is 5.34. The van der Waals surface area contributed by atoms with Gasteiger partial charge in [0.1, 0.15) is 5.75 Å². The third-order valence-electron chi connectivity index (χ3n) is 2.61. The number of aliphatic hydroxyl groups is 1. The zero-order valence-electron chi connectivity index (χ0n) is 11.1. The maximum Gasteiger partial charge on any atom is 0.315 e. The second kappa shape index (κ2) is 8.01. The SMILES string of the molecule is COc1ccc(CNC(=O)N[C@H](C)CCO)cc1Br. The minimum Gasteiger partial charge on any atom is -0.496 e. The molecule has 0 heterocycles. The van der Waals surface area contributed by atoms with Crippen molar-refractivity contribution in [3.05, 3.63) is 28.2 Å². The molecule has 0 unspecified atom stereocenters. The number of hydrogen-bond donors (Lipinski definition) is 3. The summed E-state index contributed by atoms with van der Waals surface area (Å²) >= 11 is 3.39. The van der Waals surface area contributed by atoms with Crippen LogP contribution in [-0.4, -0.2) is 30.9 Å². The van der Waals surface area contributed by atoms with Gasteiger partial charge in [0.05, 0.1) is 11.6 Å². The molecule has 0 radical (unpaired) electrons. The Kier molecular flexibility index (Phi) is 6.66. The van der Waals surface area contributed by atoms with Crippen LogP contribution in [-0.2, 0) is 6.54 Å². The van der Waals surface area contributed by atoms with Crippen LogP contribution in [0.5, 0.6) is 5.75 Å². The molecule has 1 rings (SSSR count). The van der Waals surface area contributed by atoms with Crippen molar-refractivity contribution in [1.29, 1.82) is 0 Å². The summed E-state index contributed by atoms with van der Waals surface area (Å²) in [6.07, 6.45) is 0.543. The van der Waals surface area contributed by atoms with Gasteiger partial charge in [0.15, 0.2) is 0 Å². The number of rotatable bonds is 6. The first kappa shape index (κ1) is 15.8. The predicted octanol–water partition coefficient (Wildman–Crippen LogP) is 2.03. The summed E-state index contributed by atoms with van der Waals surface area (Å²) in [6.45, 7) is 2.34. The third kappa shape index (κ3) is 5.48. The summed E-state index contributed by atoms with van der Waals surface area (Å²) in [7, 11) is 1.61. The topological polar surface area (TPSA) is 70.6 Å². The third-order valence-corrected chi connectivity index (χ3v) is 3.23. The second-order valence-electron chi connectivity index (χ2n) is 4.21. The molecule has 0 aromatic heterocycles. The van der Waals surface area contributed by atoms with Crippen molar-refractivity contribution in [2.24, 2.45) is 0 Å². The number of urea groups is 1. The van der Waals surface area contributed by atoms with E-state index in [0.29, 0.717) is 13.0 Å². The van der Waals surface area contributed by atoms with E-state index in [1.54, 1.807) is 7.11 Å². The Balaban J connectivity index is 2.44. The standard InChI is InChI=1S/C13H19BrN2O3/c1-9(5-6-17)16-13(18)15-8-10-3-4-12(19-2)11(14)7-10/h3-4,7,9,17H,5-6,8H2,1-2H3,(H2,15,16,18)/t9-/m1/s1. The number of carbonyl (C=O) groups excluding carboxylic acids is 1. The number of halogens is 1. The molecule has 0 aliphatic heterocycles. The summed E-state index contributed by atoms with van der Waals surface area (Å²) in [5.41, 5.74) is 0.970. The largest absolute Gasteiger partial charge is 0.496 e. The smallest absolute Gasteiger partial charge is 0.315 e. The van der Waals surface area contributed by atoms with Crippen molar-refractivity contribution in [2.45, 2.75) is 25.9 Å². The minimum atomic E-state index is -0.243. The molecule has 19 heavy (non-hydrogen) atoms. The zero-order valence-corrected chi connectivity index (χ0v) is 12.7. The molecule has 0 saturated carbocycles. The lowest BCUT2D eigenvalue weighted by atomic mass is 10.2. The van der Waals surface area contributed by atoms with E-state index >= 15 is 0 Å².